The average Bonchev–Trinajstić information content (AvgIpc) is 1.90. The highest BCUT2D eigenvalue weighted by molar-refractivity contribution is 14.3. The molecule has 9 heavy (non-hydrogen) atoms. The van der Waals surface area contributed by atoms with Crippen LogP contribution in [0.25, 0.3) is 0 Å². The summed E-state index contributed by atoms with van der Waals surface area (Å²) in [5, 5.41) is 0. The van der Waals surface area contributed by atoms with Crippen LogP contribution in [0.3, 0.4) is 0 Å². The minimum atomic E-state index is -0.492. The van der Waals surface area contributed by atoms with Gasteiger partial charge < -0.3 is 4.57 Å². The van der Waals surface area contributed by atoms with Gasteiger partial charge in [0.25, 0.3) is 0 Å². The molecule has 0 amide bonds. The van der Waals surface area contributed by atoms with Gasteiger partial charge in [0.05, 0.1) is 0 Å². The molecule has 1 saturated heterocycles. The zero-order valence-electron chi connectivity index (χ0n) is 5.02. The molecule has 1 aliphatic rings. The number of thioether (sulfide) groups is 1. The highest BCUT2D eigenvalue weighted by Crippen LogP contribution is 2.16. The Morgan fingerprint density at radius 1 is 1.22 bits per heavy atom. The summed E-state index contributed by atoms with van der Waals surface area (Å²) >= 11 is 7.30. The largest absolute Gasteiger partial charge is 0.309 e. The zero-order chi connectivity index (χ0) is 6.69. The molecule has 0 N–H and O–H groups in total. The molecule has 0 atom stereocenters. The van der Waals surface area contributed by atoms with E-state index in [9.17, 15) is 0 Å². The van der Waals surface area contributed by atoms with Gasteiger partial charge in [-0.15, -0.1) is 0 Å². The summed E-state index contributed by atoms with van der Waals surface area (Å²) in [7, 11) is 0. The Bertz CT molecular complexity index is 86.6. The molecule has 0 aromatic heterocycles. The lowest BCUT2D eigenvalue weighted by Crippen LogP contribution is -2.37. The van der Waals surface area contributed by atoms with Crippen molar-refractivity contribution >= 4 is 59.3 Å². The van der Waals surface area contributed by atoms with Gasteiger partial charge in [-0.1, -0.05) is 43.6 Å². The lowest BCUT2D eigenvalue weighted by Gasteiger charge is -2.26. The third-order valence-electron chi connectivity index (χ3n) is 1.32. The monoisotopic (exact) mass is 385 g/mol. The topological polar surface area (TPSA) is 3.24 Å². The smallest absolute Gasteiger partial charge is 0.248 e. The van der Waals surface area contributed by atoms with E-state index in [1.54, 1.807) is 0 Å². The van der Waals surface area contributed by atoms with Crippen LogP contribution in [-0.4, -0.2) is 33.1 Å². The van der Waals surface area contributed by atoms with Crippen molar-refractivity contribution in [3.63, 3.8) is 0 Å². The molecule has 0 radical (unpaired) electrons. The quantitative estimate of drug-likeness (QED) is 0.384. The Hall–Kier alpha value is 1.99. The maximum absolute atomic E-state index is 2.65. The van der Waals surface area contributed by atoms with Gasteiger partial charge in [0.15, 0.2) is 0 Å². The van der Waals surface area contributed by atoms with Crippen molar-refractivity contribution in [2.45, 2.75) is 0 Å². The van der Waals surface area contributed by atoms with Gasteiger partial charge in [0.2, 0.25) is 3.95 Å². The number of halogens is 2. The maximum Gasteiger partial charge on any atom is 0.248 e. The number of nitrogens with zero attached hydrogens (tertiary/aromatic N) is 1. The van der Waals surface area contributed by atoms with Gasteiger partial charge >= 0.3 is 0 Å². The van der Waals surface area contributed by atoms with Gasteiger partial charge in [-0.25, -0.2) is 0 Å². The Labute approximate surface area is 87.4 Å². The average molecular weight is 385 g/mol. The number of hydrogen-bond donors (Lipinski definition) is 0. The van der Waals surface area contributed by atoms with Crippen molar-refractivity contribution in [3.05, 3.63) is 0 Å². The van der Waals surface area contributed by atoms with Gasteiger partial charge in [-0.2, -0.15) is 11.8 Å². The minimum Gasteiger partial charge on any atom is -0.309 e. The van der Waals surface area contributed by atoms with Crippen LogP contribution in [0.2, 0.25) is 0 Å². The molecule has 0 spiro atoms. The van der Waals surface area contributed by atoms with Crippen molar-refractivity contribution < 1.29 is 0 Å². The van der Waals surface area contributed by atoms with Gasteiger partial charge in [-0.05, 0) is 0 Å². The van der Waals surface area contributed by atoms with E-state index in [1.165, 1.54) is 24.6 Å². The van der Waals surface area contributed by atoms with E-state index in [0.29, 0.717) is 0 Å². The fourth-order valence-electron chi connectivity index (χ4n) is 0.773. The Balaban J connectivity index is 2.23. The predicted octanol–water partition coefficient (Wildman–Crippen LogP) is 1.62. The van der Waals surface area contributed by atoms with Gasteiger partial charge in [0, 0.05) is 24.6 Å². The van der Waals surface area contributed by atoms with Crippen LogP contribution in [-0.2, 0) is 0 Å². The van der Waals surface area contributed by atoms with Crippen LogP contribution in [0.1, 0.15) is 0 Å². The first-order chi connectivity index (χ1) is 4.30. The van der Waals surface area contributed by atoms with Crippen molar-refractivity contribution in [3.8, 4) is 0 Å². The van der Waals surface area contributed by atoms with Crippen LogP contribution < -0.4 is 0 Å². The molecule has 0 unspecified atom stereocenters. The van der Waals surface area contributed by atoms with E-state index < -0.39 is 3.95 Å². The normalized spacial score (nSPS) is 23.0. The van der Waals surface area contributed by atoms with Crippen LogP contribution in [0.5, 0.6) is 0 Å². The second-order valence-corrected chi connectivity index (χ2v) is 18.7. The van der Waals surface area contributed by atoms with E-state index in [1.807, 2.05) is 0 Å². The highest BCUT2D eigenvalue weighted by Gasteiger charge is 2.15. The van der Waals surface area contributed by atoms with Crippen LogP contribution in [0, 0.1) is 0 Å². The number of hydrogen-bond acceptors (Lipinski definition) is 2. The molecule has 0 saturated carbocycles. The summed E-state index contributed by atoms with van der Waals surface area (Å²) in [5.41, 5.74) is 0. The Kier molecular flexibility index (Phi) is 4.82. The zero-order valence-corrected chi connectivity index (χ0v) is 11.3. The highest BCUT2D eigenvalue weighted by atomic mass is 127. The molecule has 54 valence electrons. The molecule has 1 nitrogen and oxygen atoms in total. The van der Waals surface area contributed by atoms with E-state index in [2.05, 4.69) is 59.9 Å². The summed E-state index contributed by atoms with van der Waals surface area (Å²) in [5.74, 6) is 2.71. The number of rotatable bonds is 1. The first-order valence-electron chi connectivity index (χ1n) is 2.90. The molecular weight excluding hydrogens is 376 g/mol. The summed E-state index contributed by atoms with van der Waals surface area (Å²) < 4.78 is 2.16. The second kappa shape index (κ2) is 4.78. The second-order valence-electron chi connectivity index (χ2n) is 1.93. The van der Waals surface area contributed by atoms with Crippen molar-refractivity contribution in [2.24, 2.45) is 0 Å². The first-order valence-corrected chi connectivity index (χ1v) is 12.9. The van der Waals surface area contributed by atoms with Crippen LogP contribution >= 0.6 is 55.4 Å². The molecule has 0 aromatic rings. The Morgan fingerprint density at radius 2 is 1.78 bits per heavy atom. The molecule has 0 aliphatic carbocycles. The van der Waals surface area contributed by atoms with Crippen molar-refractivity contribution in [1.29, 1.82) is 0 Å². The first kappa shape index (κ1) is 9.08. The standard InChI is InChI=1S/C4H9I2NSSi/c5-9(6)7-1-3-8-4-2-7/h9H,1-4H2. The fourth-order valence-corrected chi connectivity index (χ4v) is 6.07. The van der Waals surface area contributed by atoms with Gasteiger partial charge in [-0.3, -0.25) is 0 Å². The van der Waals surface area contributed by atoms with Crippen molar-refractivity contribution in [2.75, 3.05) is 24.6 Å². The third-order valence-corrected chi connectivity index (χ3v) is 8.06. The van der Waals surface area contributed by atoms with Crippen molar-refractivity contribution in [1.82, 2.24) is 4.57 Å². The van der Waals surface area contributed by atoms with E-state index in [-0.39, 0.29) is 0 Å². The fraction of sp³-hybridized carbons (Fsp3) is 1.00. The molecule has 0 aromatic carbocycles. The molecular formula is C4H9I2NSSi. The molecule has 0 bridgehead atoms. The third kappa shape index (κ3) is 3.26. The molecule has 1 fully saturated rings. The summed E-state index contributed by atoms with van der Waals surface area (Å²) in [6.45, 7) is 2.68. The SMILES string of the molecule is I[SiH](I)N1CCSCC1. The van der Waals surface area contributed by atoms with E-state index in [0.717, 1.165) is 0 Å². The minimum absolute atomic E-state index is 0.492. The van der Waals surface area contributed by atoms with E-state index in [4.69, 9.17) is 0 Å². The van der Waals surface area contributed by atoms with Gasteiger partial charge in [0.1, 0.15) is 0 Å². The summed E-state index contributed by atoms with van der Waals surface area (Å²) in [4.78, 5) is 0. The molecule has 5 heteroatoms. The molecule has 1 aliphatic heterocycles. The van der Waals surface area contributed by atoms with Crippen LogP contribution in [0.15, 0.2) is 0 Å². The summed E-state index contributed by atoms with van der Waals surface area (Å²) in [6.07, 6.45) is 0. The lowest BCUT2D eigenvalue weighted by atomic mass is 10.6. The lowest BCUT2D eigenvalue weighted by molar-refractivity contribution is 0.499. The predicted molar refractivity (Wildman–Crippen MR) is 64.1 cm³/mol. The Morgan fingerprint density at radius 3 is 2.11 bits per heavy atom. The van der Waals surface area contributed by atoms with Crippen LogP contribution in [0.4, 0.5) is 0 Å². The summed E-state index contributed by atoms with van der Waals surface area (Å²) in [6, 6.07) is 0. The van der Waals surface area contributed by atoms with E-state index >= 15 is 0 Å². The maximum atomic E-state index is 2.65. The molecule has 1 rings (SSSR count). The molecule has 1 heterocycles.